The summed E-state index contributed by atoms with van der Waals surface area (Å²) in [6.45, 7) is 0. The van der Waals surface area contributed by atoms with Crippen molar-refractivity contribution in [3.05, 3.63) is 83.9 Å². The third kappa shape index (κ3) is 1.96. The number of fused-ring (bicyclic) bond motifs is 1. The molecule has 1 atom stereocenters. The predicted molar refractivity (Wildman–Crippen MR) is 84.7 cm³/mol. The van der Waals surface area contributed by atoms with Crippen molar-refractivity contribution < 1.29 is 5.11 Å². The van der Waals surface area contributed by atoms with E-state index in [4.69, 9.17) is 0 Å². The molecular formula is C20H20O. The summed E-state index contributed by atoms with van der Waals surface area (Å²) < 4.78 is 0. The van der Waals surface area contributed by atoms with E-state index in [0.717, 1.165) is 17.0 Å². The van der Waals surface area contributed by atoms with Gasteiger partial charge in [-0.3, -0.25) is 0 Å². The van der Waals surface area contributed by atoms with Gasteiger partial charge in [0.05, 0.1) is 0 Å². The van der Waals surface area contributed by atoms with Gasteiger partial charge in [0.15, 0.2) is 0 Å². The van der Waals surface area contributed by atoms with Crippen LogP contribution < -0.4 is 0 Å². The Balaban J connectivity index is 1.86. The molecule has 1 N–H and O–H groups in total. The third-order valence-corrected chi connectivity index (χ3v) is 5.22. The van der Waals surface area contributed by atoms with Crippen LogP contribution in [0.2, 0.25) is 0 Å². The molecule has 0 heterocycles. The highest BCUT2D eigenvalue weighted by atomic mass is 16.3. The molecule has 0 unspecified atom stereocenters. The Bertz CT molecular complexity index is 599. The van der Waals surface area contributed by atoms with Crippen LogP contribution in [0.1, 0.15) is 24.0 Å². The van der Waals surface area contributed by atoms with E-state index in [1.54, 1.807) is 0 Å². The summed E-state index contributed by atoms with van der Waals surface area (Å²) in [5.41, 5.74) is 1.07. The fraction of sp³-hybridized carbons (Fsp3) is 0.300. The topological polar surface area (TPSA) is 20.2 Å². The van der Waals surface area contributed by atoms with Crippen LogP contribution in [0, 0.1) is 17.8 Å². The molecule has 2 aromatic carbocycles. The summed E-state index contributed by atoms with van der Waals surface area (Å²) in [6.07, 6.45) is 7.01. The van der Waals surface area contributed by atoms with Gasteiger partial charge >= 0.3 is 0 Å². The van der Waals surface area contributed by atoms with Crippen molar-refractivity contribution in [3.63, 3.8) is 0 Å². The van der Waals surface area contributed by atoms with E-state index in [-0.39, 0.29) is 5.92 Å². The van der Waals surface area contributed by atoms with Gasteiger partial charge in [-0.1, -0.05) is 72.8 Å². The Kier molecular flexibility index (Phi) is 2.97. The largest absolute Gasteiger partial charge is 0.380 e. The van der Waals surface area contributed by atoms with Crippen molar-refractivity contribution in [2.75, 3.05) is 0 Å². The van der Waals surface area contributed by atoms with Crippen molar-refractivity contribution in [2.24, 2.45) is 17.8 Å². The van der Waals surface area contributed by atoms with Crippen LogP contribution in [0.25, 0.3) is 0 Å². The van der Waals surface area contributed by atoms with Gasteiger partial charge in [0.1, 0.15) is 5.60 Å². The number of hydrogen-bond donors (Lipinski definition) is 1. The van der Waals surface area contributed by atoms with Crippen molar-refractivity contribution in [1.29, 1.82) is 0 Å². The second-order valence-corrected chi connectivity index (χ2v) is 6.40. The van der Waals surface area contributed by atoms with Gasteiger partial charge in [0.2, 0.25) is 0 Å². The van der Waals surface area contributed by atoms with Crippen molar-refractivity contribution in [1.82, 2.24) is 0 Å². The first-order chi connectivity index (χ1) is 10.3. The van der Waals surface area contributed by atoms with Crippen LogP contribution in [0.5, 0.6) is 0 Å². The van der Waals surface area contributed by atoms with Crippen LogP contribution in [0.15, 0.2) is 72.8 Å². The van der Waals surface area contributed by atoms with Gasteiger partial charge < -0.3 is 5.11 Å². The number of allylic oxidation sites excluding steroid dienone is 1. The van der Waals surface area contributed by atoms with Gasteiger partial charge in [-0.15, -0.1) is 0 Å². The average molecular weight is 276 g/mol. The van der Waals surface area contributed by atoms with E-state index >= 15 is 0 Å². The maximum atomic E-state index is 11.7. The molecule has 1 nitrogen and oxygen atoms in total. The minimum atomic E-state index is -0.922. The Hall–Kier alpha value is -1.86. The molecule has 0 amide bonds. The molecule has 3 aliphatic rings. The van der Waals surface area contributed by atoms with Gasteiger partial charge in [-0.05, 0) is 35.8 Å². The number of hydrogen-bond acceptors (Lipinski definition) is 1. The van der Waals surface area contributed by atoms with Crippen LogP contribution in [0.3, 0.4) is 0 Å². The molecule has 21 heavy (non-hydrogen) atoms. The summed E-state index contributed by atoms with van der Waals surface area (Å²) in [6, 6.07) is 20.3. The molecule has 3 aliphatic carbocycles. The zero-order chi connectivity index (χ0) is 14.3. The summed E-state index contributed by atoms with van der Waals surface area (Å²) in [7, 11) is 0. The molecule has 0 radical (unpaired) electrons. The minimum Gasteiger partial charge on any atom is -0.380 e. The van der Waals surface area contributed by atoms with E-state index in [0.29, 0.717) is 5.92 Å². The fourth-order valence-electron chi connectivity index (χ4n) is 4.01. The summed E-state index contributed by atoms with van der Waals surface area (Å²) in [5.74, 6) is 1.53. The predicted octanol–water partition coefficient (Wildman–Crippen LogP) is 4.13. The first kappa shape index (κ1) is 12.8. The van der Waals surface area contributed by atoms with Crippen LogP contribution in [-0.2, 0) is 5.60 Å². The zero-order valence-corrected chi connectivity index (χ0v) is 12.0. The maximum Gasteiger partial charge on any atom is 0.121 e. The number of rotatable bonds is 3. The molecule has 2 aromatic rings. The Labute approximate surface area is 126 Å². The van der Waals surface area contributed by atoms with E-state index in [2.05, 4.69) is 12.2 Å². The molecule has 0 saturated heterocycles. The maximum absolute atomic E-state index is 11.7. The molecular weight excluding hydrogens is 256 g/mol. The molecule has 2 bridgehead atoms. The summed E-state index contributed by atoms with van der Waals surface area (Å²) in [4.78, 5) is 0. The van der Waals surface area contributed by atoms with Crippen molar-refractivity contribution in [2.45, 2.75) is 18.4 Å². The highest BCUT2D eigenvalue weighted by Crippen LogP contribution is 2.53. The van der Waals surface area contributed by atoms with E-state index in [9.17, 15) is 5.11 Å². The Morgan fingerprint density at radius 2 is 1.29 bits per heavy atom. The fourth-order valence-corrected chi connectivity index (χ4v) is 4.01. The molecule has 1 fully saturated rings. The third-order valence-electron chi connectivity index (χ3n) is 5.22. The van der Waals surface area contributed by atoms with Crippen LogP contribution >= 0.6 is 0 Å². The van der Waals surface area contributed by atoms with Gasteiger partial charge in [0.25, 0.3) is 0 Å². The van der Waals surface area contributed by atoms with Crippen LogP contribution in [0.4, 0.5) is 0 Å². The molecule has 106 valence electrons. The Morgan fingerprint density at radius 1 is 0.762 bits per heavy atom. The Morgan fingerprint density at radius 3 is 1.71 bits per heavy atom. The monoisotopic (exact) mass is 276 g/mol. The number of benzene rings is 2. The summed E-state index contributed by atoms with van der Waals surface area (Å²) in [5, 5.41) is 11.7. The number of aliphatic hydroxyl groups is 1. The lowest BCUT2D eigenvalue weighted by Gasteiger charge is -2.49. The SMILES string of the molecule is OC(c1ccccc1)(c1ccccc1)[C@H]1C=CC2CC1C2. The quantitative estimate of drug-likeness (QED) is 0.836. The van der Waals surface area contributed by atoms with E-state index in [1.807, 2.05) is 60.7 Å². The lowest BCUT2D eigenvalue weighted by atomic mass is 9.57. The second kappa shape index (κ2) is 4.85. The van der Waals surface area contributed by atoms with Gasteiger partial charge in [-0.2, -0.15) is 0 Å². The molecule has 1 saturated carbocycles. The van der Waals surface area contributed by atoms with Crippen LogP contribution in [-0.4, -0.2) is 5.11 Å². The molecule has 0 aromatic heterocycles. The molecule has 0 spiro atoms. The van der Waals surface area contributed by atoms with Crippen molar-refractivity contribution in [3.8, 4) is 0 Å². The smallest absolute Gasteiger partial charge is 0.121 e. The van der Waals surface area contributed by atoms with E-state index < -0.39 is 5.60 Å². The lowest BCUT2D eigenvalue weighted by molar-refractivity contribution is -0.0242. The first-order valence-corrected chi connectivity index (χ1v) is 7.80. The average Bonchev–Trinajstić information content (AvgIpc) is 2.55. The standard InChI is InChI=1S/C20H20O/c21-20(17-7-3-1-4-8-17,18-9-5-2-6-10-18)19-12-11-15-13-16(19)14-15/h1-12,15-16,19,21H,13-14H2/t15?,16?,19-/m0/s1. The lowest BCUT2D eigenvalue weighted by Crippen LogP contribution is -2.46. The van der Waals surface area contributed by atoms with Crippen molar-refractivity contribution >= 4 is 0 Å². The normalized spacial score (nSPS) is 27.2. The highest BCUT2D eigenvalue weighted by Gasteiger charge is 2.48. The summed E-state index contributed by atoms with van der Waals surface area (Å²) >= 11 is 0. The first-order valence-electron chi connectivity index (χ1n) is 7.80. The highest BCUT2D eigenvalue weighted by molar-refractivity contribution is 5.39. The van der Waals surface area contributed by atoms with Gasteiger partial charge in [-0.25, -0.2) is 0 Å². The molecule has 5 rings (SSSR count). The molecule has 0 aliphatic heterocycles. The van der Waals surface area contributed by atoms with E-state index in [1.165, 1.54) is 12.8 Å². The molecule has 1 heteroatoms. The zero-order valence-electron chi connectivity index (χ0n) is 12.0. The van der Waals surface area contributed by atoms with Gasteiger partial charge in [0, 0.05) is 5.92 Å². The second-order valence-electron chi connectivity index (χ2n) is 6.40. The minimum absolute atomic E-state index is 0.173.